The number of ether oxygens (including phenoxy) is 10. The monoisotopic (exact) mass is 1230 g/mol. The van der Waals surface area contributed by atoms with Crippen LogP contribution in [-0.2, 0) is 61.8 Å². The van der Waals surface area contributed by atoms with Gasteiger partial charge in [-0.3, -0.25) is 14.4 Å². The van der Waals surface area contributed by atoms with Crippen LogP contribution in [0.3, 0.4) is 0 Å². The zero-order valence-corrected chi connectivity index (χ0v) is 48.5. The second-order valence-electron chi connectivity index (χ2n) is 22.3. The molecule has 0 bridgehead atoms. The van der Waals surface area contributed by atoms with Crippen molar-refractivity contribution >= 4 is 17.7 Å². The number of carbonyl (C=O) groups excluding carboxylic acids is 3. The molecule has 0 radical (unpaired) electrons. The largest absolute Gasteiger partial charge is 0.394 e. The van der Waals surface area contributed by atoms with Crippen LogP contribution in [0.15, 0.2) is 12.2 Å². The van der Waals surface area contributed by atoms with Gasteiger partial charge in [0.1, 0.15) is 122 Å². The highest BCUT2D eigenvalue weighted by atomic mass is 16.8. The third kappa shape index (κ3) is 20.1. The fourth-order valence-electron chi connectivity index (χ4n) is 10.9. The lowest BCUT2D eigenvalue weighted by atomic mass is 9.93. The lowest BCUT2D eigenvalue weighted by molar-refractivity contribution is -0.388. The van der Waals surface area contributed by atoms with Gasteiger partial charge in [-0.1, -0.05) is 83.3 Å². The molecule has 5 saturated heterocycles. The van der Waals surface area contributed by atoms with Crippen LogP contribution < -0.4 is 16.0 Å². The molecule has 0 saturated carbocycles. The molecule has 31 heteroatoms. The first-order valence-corrected chi connectivity index (χ1v) is 29.4. The van der Waals surface area contributed by atoms with E-state index in [2.05, 4.69) is 22.9 Å². The summed E-state index contributed by atoms with van der Waals surface area (Å²) >= 11 is 0. The van der Waals surface area contributed by atoms with Gasteiger partial charge in [0.15, 0.2) is 31.5 Å². The molecule has 5 aliphatic rings. The number of nitrogens with one attached hydrogen (secondary N) is 3. The van der Waals surface area contributed by atoms with Crippen LogP contribution in [0.2, 0.25) is 0 Å². The highest BCUT2D eigenvalue weighted by Gasteiger charge is 2.57. The molecular weight excluding hydrogens is 1140 g/mol. The third-order valence-electron chi connectivity index (χ3n) is 15.7. The summed E-state index contributed by atoms with van der Waals surface area (Å²) < 4.78 is 58.2. The second-order valence-corrected chi connectivity index (χ2v) is 22.3. The molecule has 27 atom stereocenters. The van der Waals surface area contributed by atoms with Crippen molar-refractivity contribution in [1.82, 2.24) is 16.0 Å². The summed E-state index contributed by atoms with van der Waals surface area (Å²) in [5, 5.41) is 171. The van der Waals surface area contributed by atoms with Crippen LogP contribution >= 0.6 is 0 Å². The van der Waals surface area contributed by atoms with Gasteiger partial charge in [0, 0.05) is 20.8 Å². The van der Waals surface area contributed by atoms with E-state index >= 15 is 0 Å². The average molecular weight is 1230 g/mol. The average Bonchev–Trinajstić information content (AvgIpc) is 2.61. The summed E-state index contributed by atoms with van der Waals surface area (Å²) in [6.07, 6.45) is -27.1. The van der Waals surface area contributed by atoms with Crippen molar-refractivity contribution in [2.45, 2.75) is 270 Å². The summed E-state index contributed by atoms with van der Waals surface area (Å²) in [7, 11) is 0. The first kappa shape index (κ1) is 72.9. The van der Waals surface area contributed by atoms with Gasteiger partial charge >= 0.3 is 0 Å². The Kier molecular flexibility index (Phi) is 31.0. The minimum absolute atomic E-state index is 0.441. The molecule has 31 nitrogen and oxygen atoms in total. The van der Waals surface area contributed by atoms with Gasteiger partial charge in [0.2, 0.25) is 17.7 Å². The van der Waals surface area contributed by atoms with Crippen LogP contribution in [0.4, 0.5) is 0 Å². The Morgan fingerprint density at radius 3 is 1.34 bits per heavy atom. The normalized spacial score (nSPS) is 39.7. The molecule has 0 spiro atoms. The number of rotatable bonds is 33. The lowest BCUT2D eigenvalue weighted by Crippen LogP contribution is -2.71. The van der Waals surface area contributed by atoms with Crippen LogP contribution in [0.25, 0.3) is 0 Å². The first-order valence-electron chi connectivity index (χ1n) is 29.4. The Morgan fingerprint density at radius 1 is 0.435 bits per heavy atom. The van der Waals surface area contributed by atoms with E-state index in [1.165, 1.54) is 57.9 Å². The molecule has 0 aromatic carbocycles. The maximum atomic E-state index is 12.7. The van der Waals surface area contributed by atoms with E-state index in [-0.39, 0.29) is 0 Å². The van der Waals surface area contributed by atoms with Gasteiger partial charge in [0.05, 0.1) is 51.8 Å². The molecule has 0 aromatic heterocycles. The molecule has 5 fully saturated rings. The quantitative estimate of drug-likeness (QED) is 0.0215. The standard InChI is InChI=1S/C54H95N3O28/c1-5-6-7-8-9-10-11-12-13-14-15-16-17-18-29(66)28(55-25(2)63)24-76-52-43(73)41(71)46(33(22-61)80-52)82-53-44(74)42(72)47(34(23-62)81-53)83-54-45(75)49(39(69)32(21-60)79-54)85-51-36(57-27(4)65)48(38(68)31(20-59)78-51)84-50-35(56-26(3)64)40(70)37(67)30(19-58)77-50/h17-18,28-54,58-62,66-75H,5-16,19-24H2,1-4H3,(H,55,63)(H,56,64)(H,57,65)/b18-17-/t28-,29+,30+,31+,32+,33+,34+,35+,36+,37-,38-,39-,40+,41+,42+,43+,44+,45+,46+,47-,48+,49-,50-,51-,52+,53-,54-/m0/s1. The van der Waals surface area contributed by atoms with Crippen molar-refractivity contribution in [2.24, 2.45) is 0 Å². The summed E-state index contributed by atoms with van der Waals surface area (Å²) in [5.74, 6) is -2.06. The van der Waals surface area contributed by atoms with E-state index in [9.17, 15) is 91.0 Å². The molecule has 0 unspecified atom stereocenters. The summed E-state index contributed by atoms with van der Waals surface area (Å²) in [6.45, 7) is 0.336. The van der Waals surface area contributed by atoms with E-state index in [1.807, 2.05) is 0 Å². The Morgan fingerprint density at radius 2 is 0.835 bits per heavy atom. The van der Waals surface area contributed by atoms with Crippen molar-refractivity contribution in [2.75, 3.05) is 39.6 Å². The van der Waals surface area contributed by atoms with Gasteiger partial charge in [-0.2, -0.15) is 0 Å². The summed E-state index contributed by atoms with van der Waals surface area (Å²) in [6, 6.07) is -4.32. The topological polar surface area (TPSA) is 483 Å². The van der Waals surface area contributed by atoms with Crippen LogP contribution in [0.5, 0.6) is 0 Å². The van der Waals surface area contributed by atoms with E-state index < -0.39 is 223 Å². The Labute approximate surface area is 493 Å². The van der Waals surface area contributed by atoms with E-state index in [4.69, 9.17) is 47.4 Å². The zero-order valence-electron chi connectivity index (χ0n) is 48.5. The minimum atomic E-state index is -2.20. The van der Waals surface area contributed by atoms with Gasteiger partial charge < -0.3 is 140 Å². The molecule has 3 amide bonds. The van der Waals surface area contributed by atoms with Crippen molar-refractivity contribution in [1.29, 1.82) is 0 Å². The third-order valence-corrected chi connectivity index (χ3v) is 15.7. The number of unbranched alkanes of at least 4 members (excludes halogenated alkanes) is 11. The van der Waals surface area contributed by atoms with E-state index in [0.29, 0.717) is 6.42 Å². The Balaban J connectivity index is 1.22. The van der Waals surface area contributed by atoms with Crippen molar-refractivity contribution in [3.8, 4) is 0 Å². The SMILES string of the molecule is CCCCCCCCCCCCC/C=C\[C@@H](O)[C@H](CO[C@@H]1O[C@H](CO)[C@@H](O[C@@H]2O[C@H](CO)[C@H](O[C@@H]3O[C@H](CO)[C@H](O)[C@H](O[C@@H]4O[C@H](CO)[C@H](O)[C@H](O[C@@H]5O[C@H](CO)[C@H](O)[C@H](O)[C@H]5NC(C)=O)[C@H]4NC(C)=O)[C@H]3O)[C@H](O)[C@H]2O)[C@H](O)[C@H]1O)NC(C)=O. The zero-order chi connectivity index (χ0) is 62.7. The Hall–Kier alpha value is -2.85. The van der Waals surface area contributed by atoms with Crippen molar-refractivity contribution < 1.29 is 138 Å². The predicted molar refractivity (Wildman–Crippen MR) is 287 cm³/mol. The number of amides is 3. The van der Waals surface area contributed by atoms with E-state index in [0.717, 1.165) is 39.5 Å². The number of aliphatic hydroxyl groups excluding tert-OH is 15. The second kappa shape index (κ2) is 36.1. The van der Waals surface area contributed by atoms with Crippen molar-refractivity contribution in [3.05, 3.63) is 12.2 Å². The van der Waals surface area contributed by atoms with Crippen LogP contribution in [-0.4, -0.2) is 300 Å². The molecule has 18 N–H and O–H groups in total. The van der Waals surface area contributed by atoms with Crippen molar-refractivity contribution in [3.63, 3.8) is 0 Å². The molecule has 5 aliphatic heterocycles. The smallest absolute Gasteiger partial charge is 0.217 e. The number of allylic oxidation sites excluding steroid dienone is 1. The maximum absolute atomic E-state index is 12.7. The fourth-order valence-corrected chi connectivity index (χ4v) is 10.9. The van der Waals surface area contributed by atoms with Gasteiger partial charge in [0.25, 0.3) is 0 Å². The van der Waals surface area contributed by atoms with Gasteiger partial charge in [-0.25, -0.2) is 0 Å². The van der Waals surface area contributed by atoms with E-state index in [1.54, 1.807) is 6.08 Å². The molecule has 85 heavy (non-hydrogen) atoms. The van der Waals surface area contributed by atoms with Crippen LogP contribution in [0.1, 0.15) is 105 Å². The van der Waals surface area contributed by atoms with Crippen LogP contribution in [0, 0.1) is 0 Å². The molecule has 0 aromatic rings. The number of aliphatic hydroxyl groups is 15. The molecular formula is C54H95N3O28. The first-order chi connectivity index (χ1) is 40.5. The number of carbonyl (C=O) groups is 3. The molecule has 0 aliphatic carbocycles. The molecule has 494 valence electrons. The minimum Gasteiger partial charge on any atom is -0.394 e. The molecule has 5 heterocycles. The van der Waals surface area contributed by atoms with Gasteiger partial charge in [-0.05, 0) is 12.8 Å². The maximum Gasteiger partial charge on any atom is 0.217 e. The fraction of sp³-hybridized carbons (Fsp3) is 0.907. The summed E-state index contributed by atoms with van der Waals surface area (Å²) in [4.78, 5) is 37.0. The number of hydrogen-bond acceptors (Lipinski definition) is 28. The molecule has 5 rings (SSSR count). The summed E-state index contributed by atoms with van der Waals surface area (Å²) in [5.41, 5.74) is 0. The Bertz CT molecular complexity index is 1990. The van der Waals surface area contributed by atoms with Gasteiger partial charge in [-0.15, -0.1) is 0 Å². The predicted octanol–water partition coefficient (Wildman–Crippen LogP) is -6.49. The number of hydrogen-bond donors (Lipinski definition) is 18. The highest BCUT2D eigenvalue weighted by Crippen LogP contribution is 2.36. The lowest BCUT2D eigenvalue weighted by Gasteiger charge is -2.50. The highest BCUT2D eigenvalue weighted by molar-refractivity contribution is 5.74.